The topological polar surface area (TPSA) is 29.5 Å². The average molecular weight is 302 g/mol. The highest BCUT2D eigenvalue weighted by Crippen LogP contribution is 2.45. The number of aliphatic hydroxyl groups is 1. The van der Waals surface area contributed by atoms with Gasteiger partial charge in [-0.3, -0.25) is 0 Å². The Labute approximate surface area is 136 Å². The number of fused-ring (bicyclic) bond motifs is 4. The maximum absolute atomic E-state index is 8.94. The highest BCUT2D eigenvalue weighted by molar-refractivity contribution is 6.04. The Morgan fingerprint density at radius 1 is 1.04 bits per heavy atom. The SMILES string of the molecule is OCCCC#CC1=C2c3ccccc3CC2Oc2ccccc21. The van der Waals surface area contributed by atoms with Crippen LogP contribution in [-0.2, 0) is 6.42 Å². The summed E-state index contributed by atoms with van der Waals surface area (Å²) in [7, 11) is 0. The summed E-state index contributed by atoms with van der Waals surface area (Å²) in [6, 6.07) is 16.6. The first-order valence-corrected chi connectivity index (χ1v) is 8.06. The number of unbranched alkanes of at least 4 members (excludes halogenated alkanes) is 1. The van der Waals surface area contributed by atoms with Crippen molar-refractivity contribution in [1.82, 2.24) is 0 Å². The van der Waals surface area contributed by atoms with E-state index < -0.39 is 0 Å². The third-order valence-electron chi connectivity index (χ3n) is 4.40. The number of para-hydroxylation sites is 1. The highest BCUT2D eigenvalue weighted by atomic mass is 16.5. The second kappa shape index (κ2) is 5.95. The number of hydrogen-bond acceptors (Lipinski definition) is 2. The summed E-state index contributed by atoms with van der Waals surface area (Å²) < 4.78 is 6.23. The van der Waals surface area contributed by atoms with E-state index >= 15 is 0 Å². The van der Waals surface area contributed by atoms with Crippen molar-refractivity contribution in [2.75, 3.05) is 6.61 Å². The van der Waals surface area contributed by atoms with Crippen molar-refractivity contribution in [3.8, 4) is 17.6 Å². The molecule has 4 rings (SSSR count). The molecule has 2 aromatic rings. The predicted molar refractivity (Wildman–Crippen MR) is 91.9 cm³/mol. The Bertz CT molecular complexity index is 836. The van der Waals surface area contributed by atoms with Gasteiger partial charge in [0, 0.05) is 36.2 Å². The third kappa shape index (κ3) is 2.44. The van der Waals surface area contributed by atoms with Gasteiger partial charge in [-0.2, -0.15) is 0 Å². The maximum atomic E-state index is 8.94. The Morgan fingerprint density at radius 3 is 2.70 bits per heavy atom. The molecule has 1 aliphatic carbocycles. The molecule has 114 valence electrons. The van der Waals surface area contributed by atoms with Crippen LogP contribution in [0.3, 0.4) is 0 Å². The zero-order chi connectivity index (χ0) is 15.6. The van der Waals surface area contributed by atoms with E-state index in [1.807, 2.05) is 18.2 Å². The van der Waals surface area contributed by atoms with E-state index in [1.165, 1.54) is 16.7 Å². The van der Waals surface area contributed by atoms with Crippen LogP contribution >= 0.6 is 0 Å². The van der Waals surface area contributed by atoms with Crippen LogP contribution in [0.1, 0.15) is 29.5 Å². The van der Waals surface area contributed by atoms with Crippen molar-refractivity contribution < 1.29 is 9.84 Å². The number of rotatable bonds is 2. The second-order valence-electron chi connectivity index (χ2n) is 5.88. The van der Waals surface area contributed by atoms with Gasteiger partial charge in [0.2, 0.25) is 0 Å². The minimum absolute atomic E-state index is 0.0597. The minimum atomic E-state index is 0.0597. The number of ether oxygens (including phenoxy) is 1. The molecule has 1 atom stereocenters. The highest BCUT2D eigenvalue weighted by Gasteiger charge is 2.35. The predicted octanol–water partition coefficient (Wildman–Crippen LogP) is 3.69. The van der Waals surface area contributed by atoms with Crippen molar-refractivity contribution in [2.45, 2.75) is 25.4 Å². The lowest BCUT2D eigenvalue weighted by molar-refractivity contribution is 0.261. The van der Waals surface area contributed by atoms with Gasteiger partial charge >= 0.3 is 0 Å². The summed E-state index contributed by atoms with van der Waals surface area (Å²) in [5.41, 5.74) is 5.97. The molecule has 2 nitrogen and oxygen atoms in total. The molecule has 1 aliphatic heterocycles. The summed E-state index contributed by atoms with van der Waals surface area (Å²) in [5.74, 6) is 7.50. The fraction of sp³-hybridized carbons (Fsp3) is 0.238. The van der Waals surface area contributed by atoms with Crippen molar-refractivity contribution >= 4 is 11.1 Å². The molecule has 2 aromatic carbocycles. The Kier molecular flexibility index (Phi) is 3.65. The second-order valence-corrected chi connectivity index (χ2v) is 5.88. The monoisotopic (exact) mass is 302 g/mol. The van der Waals surface area contributed by atoms with Crippen LogP contribution in [-0.4, -0.2) is 17.8 Å². The van der Waals surface area contributed by atoms with Crippen molar-refractivity contribution in [3.05, 3.63) is 65.2 Å². The van der Waals surface area contributed by atoms with Crippen molar-refractivity contribution in [3.63, 3.8) is 0 Å². The van der Waals surface area contributed by atoms with Gasteiger partial charge in [0.05, 0.1) is 0 Å². The van der Waals surface area contributed by atoms with Crippen LogP contribution in [0.15, 0.2) is 48.5 Å². The number of hydrogen-bond donors (Lipinski definition) is 1. The van der Waals surface area contributed by atoms with E-state index in [0.717, 1.165) is 23.3 Å². The molecule has 0 saturated heterocycles. The molecule has 0 fully saturated rings. The third-order valence-corrected chi connectivity index (χ3v) is 4.40. The summed E-state index contributed by atoms with van der Waals surface area (Å²) in [4.78, 5) is 0. The zero-order valence-corrected chi connectivity index (χ0v) is 12.9. The van der Waals surface area contributed by atoms with Gasteiger partial charge < -0.3 is 9.84 Å². The molecule has 1 unspecified atom stereocenters. The molecule has 2 heteroatoms. The van der Waals surface area contributed by atoms with E-state index in [4.69, 9.17) is 9.84 Å². The van der Waals surface area contributed by atoms with Gasteiger partial charge in [-0.1, -0.05) is 48.2 Å². The number of allylic oxidation sites excluding steroid dienone is 1. The van der Waals surface area contributed by atoms with Crippen molar-refractivity contribution in [1.29, 1.82) is 0 Å². The lowest BCUT2D eigenvalue weighted by Gasteiger charge is -2.25. The van der Waals surface area contributed by atoms with E-state index in [9.17, 15) is 0 Å². The van der Waals surface area contributed by atoms with Gasteiger partial charge in [0.1, 0.15) is 11.9 Å². The maximum Gasteiger partial charge on any atom is 0.130 e. The summed E-state index contributed by atoms with van der Waals surface area (Å²) >= 11 is 0. The normalized spacial score (nSPS) is 17.5. The minimum Gasteiger partial charge on any atom is -0.485 e. The zero-order valence-electron chi connectivity index (χ0n) is 12.9. The molecule has 0 radical (unpaired) electrons. The quantitative estimate of drug-likeness (QED) is 0.677. The number of benzene rings is 2. The fourth-order valence-electron chi connectivity index (χ4n) is 3.36. The van der Waals surface area contributed by atoms with Crippen LogP contribution < -0.4 is 4.74 Å². The Hall–Kier alpha value is -2.50. The van der Waals surface area contributed by atoms with Crippen LogP contribution in [0.4, 0.5) is 0 Å². The van der Waals surface area contributed by atoms with E-state index in [1.54, 1.807) is 0 Å². The molecule has 0 amide bonds. The summed E-state index contributed by atoms with van der Waals surface area (Å²) in [6.07, 6.45) is 2.39. The summed E-state index contributed by atoms with van der Waals surface area (Å²) in [6.45, 7) is 0.186. The molecular formula is C21H18O2. The molecule has 0 saturated carbocycles. The molecule has 0 aromatic heterocycles. The smallest absolute Gasteiger partial charge is 0.130 e. The average Bonchev–Trinajstić information content (AvgIpc) is 2.96. The molecule has 1 heterocycles. The molecular weight excluding hydrogens is 284 g/mol. The first kappa shape index (κ1) is 14.1. The van der Waals surface area contributed by atoms with Gasteiger partial charge in [0.25, 0.3) is 0 Å². The lowest BCUT2D eigenvalue weighted by Crippen LogP contribution is -2.21. The van der Waals surface area contributed by atoms with E-state index in [2.05, 4.69) is 42.2 Å². The van der Waals surface area contributed by atoms with Crippen LogP contribution in [0, 0.1) is 11.8 Å². The molecule has 1 N–H and O–H groups in total. The largest absolute Gasteiger partial charge is 0.485 e. The van der Waals surface area contributed by atoms with E-state index in [0.29, 0.717) is 12.8 Å². The van der Waals surface area contributed by atoms with Crippen molar-refractivity contribution in [2.24, 2.45) is 0 Å². The first-order chi connectivity index (χ1) is 11.4. The molecule has 2 aliphatic rings. The molecule has 0 bridgehead atoms. The Morgan fingerprint density at radius 2 is 1.83 bits per heavy atom. The first-order valence-electron chi connectivity index (χ1n) is 8.06. The Balaban J connectivity index is 1.87. The van der Waals surface area contributed by atoms with Gasteiger partial charge in [-0.15, -0.1) is 0 Å². The molecule has 0 spiro atoms. The van der Waals surface area contributed by atoms with Gasteiger partial charge in [-0.25, -0.2) is 0 Å². The number of aliphatic hydroxyl groups excluding tert-OH is 1. The lowest BCUT2D eigenvalue weighted by atomic mass is 9.92. The van der Waals surface area contributed by atoms with Gasteiger partial charge in [0.15, 0.2) is 0 Å². The van der Waals surface area contributed by atoms with E-state index in [-0.39, 0.29) is 12.7 Å². The van der Waals surface area contributed by atoms with Crippen LogP contribution in [0.25, 0.3) is 11.1 Å². The fourth-order valence-corrected chi connectivity index (χ4v) is 3.36. The van der Waals surface area contributed by atoms with Crippen LogP contribution in [0.5, 0.6) is 5.75 Å². The standard InChI is InChI=1S/C21H18O2/c22-13-7-1-2-11-18-17-10-5-6-12-19(17)23-20-14-15-8-3-4-9-16(15)21(18)20/h3-6,8-10,12,20,22H,1,7,13-14H2. The summed E-state index contributed by atoms with van der Waals surface area (Å²) in [5, 5.41) is 8.94. The van der Waals surface area contributed by atoms with Gasteiger partial charge in [-0.05, 0) is 29.7 Å². The van der Waals surface area contributed by atoms with Crippen LogP contribution in [0.2, 0.25) is 0 Å². The molecule has 23 heavy (non-hydrogen) atoms.